The molecule has 2 rings (SSSR count). The van der Waals surface area contributed by atoms with Crippen molar-refractivity contribution in [3.05, 3.63) is 36.0 Å². The zero-order valence-corrected chi connectivity index (χ0v) is 76.1. The van der Waals surface area contributed by atoms with Crippen molar-refractivity contribution >= 4 is 154 Å². The minimum absolute atomic E-state index is 0.0129. The molecular weight excluding hydrogens is 1730 g/mol. The van der Waals surface area contributed by atoms with Gasteiger partial charge in [0, 0.05) is 55.2 Å². The van der Waals surface area contributed by atoms with E-state index in [2.05, 4.69) is 119 Å². The Hall–Kier alpha value is -13.0. The Balaban J connectivity index is 2.35. The minimum atomic E-state index is -1.76. The number of hydrogen-bond acceptors (Lipinski definition) is 25. The molecule has 0 bridgehead atoms. The SMILES string of the molecule is CC[C@H](C)[C@H](NC(=O)[C@H](CCC(=O)O)NC(=O)[C@@H](NC(=O)CNC(=O)[C@H](C)NC(=O)[C@H](CS)NC(=O)[C@H](C)NC(=O)[C@H](Cc1c[nH]c2ccccc12)NC(=O)[C@@H](NC(=O)[C@H](CC(C)C)NC(=O)[C@H](CCCNC(=N)N)NC(=O)[C@H](CCC(N)=O)NC(=O)[C@@H](NC(=O)[C@H](C)NC(=O)[C@H](C)N)[C@@H](C)O)C(C)C)C(C)C)C(=O)NCC(=O)N[C@@H](CCCNC(=N)N)C(=O)NCC(=O)O. The highest BCUT2D eigenvalue weighted by Crippen LogP contribution is 2.21. The predicted octanol–water partition coefficient (Wildman–Crippen LogP) is -8.29. The van der Waals surface area contributed by atoms with Crippen LogP contribution in [0.25, 0.3) is 10.9 Å². The fraction of sp³-hybridized carbons (Fsp3) is 0.625. The van der Waals surface area contributed by atoms with E-state index in [1.54, 1.807) is 72.0 Å². The number of benzene rings is 1. The number of aromatic amines is 1. The second kappa shape index (κ2) is 57.0. The van der Waals surface area contributed by atoms with Crippen LogP contribution >= 0.6 is 12.6 Å². The van der Waals surface area contributed by atoms with Gasteiger partial charge in [-0.15, -0.1) is 0 Å². The van der Waals surface area contributed by atoms with Gasteiger partial charge in [0.2, 0.25) is 106 Å². The van der Waals surface area contributed by atoms with E-state index in [4.69, 9.17) is 38.9 Å². The number of aliphatic hydroxyl groups is 1. The number of aliphatic hydroxyl groups excluding tert-OH is 1. The van der Waals surface area contributed by atoms with Crippen LogP contribution in [0.5, 0.6) is 0 Å². The number of primary amides is 1. The van der Waals surface area contributed by atoms with Crippen molar-refractivity contribution in [2.75, 3.05) is 38.5 Å². The van der Waals surface area contributed by atoms with E-state index >= 15 is 0 Å². The fourth-order valence-electron chi connectivity index (χ4n) is 12.4. The molecule has 0 aliphatic rings. The van der Waals surface area contributed by atoms with Crippen LogP contribution < -0.4 is 124 Å². The van der Waals surface area contributed by atoms with Crippen molar-refractivity contribution in [1.82, 2.24) is 106 Å². The fourth-order valence-corrected chi connectivity index (χ4v) is 12.7. The van der Waals surface area contributed by atoms with Gasteiger partial charge in [-0.25, -0.2) is 0 Å². The number of carboxylic acids is 2. The Kier molecular flexibility index (Phi) is 49.6. The van der Waals surface area contributed by atoms with Crippen LogP contribution in [-0.2, 0) is 102 Å². The first kappa shape index (κ1) is 113. The summed E-state index contributed by atoms with van der Waals surface area (Å²) in [7, 11) is 0. The molecule has 1 aromatic heterocycles. The van der Waals surface area contributed by atoms with Gasteiger partial charge in [-0.3, -0.25) is 107 Å². The normalized spacial score (nSPS) is 15.0. The van der Waals surface area contributed by atoms with Crippen LogP contribution in [0.3, 0.4) is 0 Å². The standard InChI is InChI=1S/C80H132N26O23S/c1-14-39(8)62(75(126)91-32-56(109)96-48(21-17-27-87-79(83)84)68(119)92-34-59(113)114)105-71(122)51(24-26-58(111)112)98-76(127)60(37(4)5)103-57(110)33-90-65(116)41(10)94-74(125)54(35-130)102-66(117)42(11)95-72(123)53(30-45-31-89-47-20-16-15-19-46(45)47)101-77(128)61(38(6)7)104-73(124)52(29-36(2)3)100-69(120)49(22-18-28-88-80(85)86)97-70(121)50(23-25-55(82)108)99-78(129)63(44(13)107)106-67(118)43(12)93-64(115)40(9)81/h15-16,19-20,31,36-44,48-54,60-63,89,107,130H,14,17-18,21-30,32-35,81H2,1-13H3,(H2,82,108)(H,90,116)(H,91,126)(H,92,119)(H,93,115)(H,94,125)(H,95,123)(H,96,109)(H,97,121)(H,98,127)(H,99,129)(H,100,120)(H,101,128)(H,102,117)(H,103,110)(H,104,124)(H,105,122)(H,106,118)(H,111,112)(H,113,114)(H4,83,84,87)(H4,85,86,88)/t39-,40-,41-,42-,43-,44+,48-,49-,50-,51-,52-,53-,54-,60-,61-,62-,63-/m0/s1. The first-order chi connectivity index (χ1) is 60.8. The van der Waals surface area contributed by atoms with E-state index in [0.717, 1.165) is 6.92 Å². The zero-order valence-electron chi connectivity index (χ0n) is 75.2. The zero-order chi connectivity index (χ0) is 98.7. The average Bonchev–Trinajstić information content (AvgIpc) is 1.62. The van der Waals surface area contributed by atoms with Gasteiger partial charge >= 0.3 is 11.9 Å². The third-order valence-corrected chi connectivity index (χ3v) is 20.4. The van der Waals surface area contributed by atoms with Crippen molar-refractivity contribution in [3.8, 4) is 0 Å². The van der Waals surface area contributed by atoms with Crippen LogP contribution in [-0.4, -0.2) is 286 Å². The third kappa shape index (κ3) is 41.4. The van der Waals surface area contributed by atoms with E-state index in [1.807, 2.05) is 0 Å². The van der Waals surface area contributed by atoms with E-state index in [1.165, 1.54) is 41.5 Å². The molecule has 0 spiro atoms. The highest BCUT2D eigenvalue weighted by atomic mass is 32.1. The Bertz CT molecular complexity index is 4300. The number of guanidine groups is 2. The van der Waals surface area contributed by atoms with Crippen molar-refractivity contribution in [2.24, 2.45) is 46.6 Å². The summed E-state index contributed by atoms with van der Waals surface area (Å²) >= 11 is 4.23. The van der Waals surface area contributed by atoms with Gasteiger partial charge in [0.1, 0.15) is 91.1 Å². The number of aliphatic carboxylic acids is 2. The highest BCUT2D eigenvalue weighted by molar-refractivity contribution is 7.80. The van der Waals surface area contributed by atoms with Gasteiger partial charge in [-0.2, -0.15) is 12.6 Å². The quantitative estimate of drug-likeness (QED) is 0.0127. The Morgan fingerprint density at radius 1 is 0.408 bits per heavy atom. The monoisotopic (exact) mass is 1860 g/mol. The number of carbonyl (C=O) groups is 20. The van der Waals surface area contributed by atoms with E-state index in [-0.39, 0.29) is 69.9 Å². The molecule has 0 saturated carbocycles. The van der Waals surface area contributed by atoms with Crippen LogP contribution in [0.4, 0.5) is 0 Å². The summed E-state index contributed by atoms with van der Waals surface area (Å²) in [5.41, 5.74) is 23.0. The van der Waals surface area contributed by atoms with Gasteiger partial charge in [0.15, 0.2) is 11.9 Å². The van der Waals surface area contributed by atoms with Crippen molar-refractivity contribution in [2.45, 2.75) is 257 Å². The molecule has 17 atom stereocenters. The predicted molar refractivity (Wildman–Crippen MR) is 474 cm³/mol. The van der Waals surface area contributed by atoms with Crippen molar-refractivity contribution in [1.29, 1.82) is 10.8 Å². The molecule has 0 aliphatic carbocycles. The second-order valence-electron chi connectivity index (χ2n) is 32.4. The number of nitrogens with two attached hydrogens (primary N) is 4. The maximum absolute atomic E-state index is 14.8. The summed E-state index contributed by atoms with van der Waals surface area (Å²) in [5.74, 6) is -23.6. The van der Waals surface area contributed by atoms with Gasteiger partial charge in [0.05, 0.1) is 25.2 Å². The Labute approximate surface area is 757 Å². The second-order valence-corrected chi connectivity index (χ2v) is 32.8. The Morgan fingerprint density at radius 3 is 1.30 bits per heavy atom. The highest BCUT2D eigenvalue weighted by Gasteiger charge is 2.40. The molecule has 33 N–H and O–H groups in total. The summed E-state index contributed by atoms with van der Waals surface area (Å²) in [6.07, 6.45) is -2.36. The average molecular weight is 1860 g/mol. The molecule has 50 heteroatoms. The molecule has 0 saturated heterocycles. The summed E-state index contributed by atoms with van der Waals surface area (Å²) in [6.45, 7) is 16.9. The molecule has 0 aliphatic heterocycles. The molecule has 1 aromatic carbocycles. The van der Waals surface area contributed by atoms with Crippen molar-refractivity contribution in [3.63, 3.8) is 0 Å². The lowest BCUT2D eigenvalue weighted by Crippen LogP contribution is -2.62. The van der Waals surface area contributed by atoms with Crippen LogP contribution in [0.1, 0.15) is 160 Å². The lowest BCUT2D eigenvalue weighted by atomic mass is 9.97. The number of para-hydroxylation sites is 1. The number of aromatic nitrogens is 1. The smallest absolute Gasteiger partial charge is 0.322 e. The molecule has 130 heavy (non-hydrogen) atoms. The molecule has 0 radical (unpaired) electrons. The number of amides is 18. The lowest BCUT2D eigenvalue weighted by Gasteiger charge is -2.29. The number of carboxylic acid groups (broad SMARTS) is 2. The number of fused-ring (bicyclic) bond motifs is 1. The number of thiol groups is 1. The number of rotatable bonds is 59. The maximum atomic E-state index is 14.8. The third-order valence-electron chi connectivity index (χ3n) is 20.0. The van der Waals surface area contributed by atoms with Gasteiger partial charge in [0.25, 0.3) is 0 Å². The molecule has 18 amide bonds. The Morgan fingerprint density at radius 2 is 0.808 bits per heavy atom. The summed E-state index contributed by atoms with van der Waals surface area (Å²) in [6, 6.07) is -15.0. The first-order valence-electron chi connectivity index (χ1n) is 42.4. The van der Waals surface area contributed by atoms with Gasteiger partial charge in [-0.05, 0) is 115 Å². The molecular formula is C80H132N26O23S. The number of nitrogens with one attached hydrogen (secondary N) is 22. The maximum Gasteiger partial charge on any atom is 0.322 e. The largest absolute Gasteiger partial charge is 0.481 e. The van der Waals surface area contributed by atoms with Crippen LogP contribution in [0.2, 0.25) is 0 Å². The van der Waals surface area contributed by atoms with Gasteiger partial charge < -0.3 is 144 Å². The van der Waals surface area contributed by atoms with Crippen LogP contribution in [0, 0.1) is 34.5 Å². The van der Waals surface area contributed by atoms with E-state index in [9.17, 15) is 106 Å². The van der Waals surface area contributed by atoms with Crippen molar-refractivity contribution < 1.29 is 111 Å². The summed E-state index contributed by atoms with van der Waals surface area (Å²) in [5, 5.41) is 91.5. The summed E-state index contributed by atoms with van der Waals surface area (Å²) < 4.78 is 0. The number of carbonyl (C=O) groups excluding carboxylic acids is 18. The lowest BCUT2D eigenvalue weighted by molar-refractivity contribution is -0.139. The number of H-pyrrole nitrogens is 1. The molecule has 49 nitrogen and oxygen atoms in total. The van der Waals surface area contributed by atoms with E-state index < -0.39 is 290 Å². The van der Waals surface area contributed by atoms with Gasteiger partial charge in [-0.1, -0.05) is 80.0 Å². The first-order valence-corrected chi connectivity index (χ1v) is 43.0. The van der Waals surface area contributed by atoms with Crippen LogP contribution in [0.15, 0.2) is 30.5 Å². The van der Waals surface area contributed by atoms with E-state index in [0.29, 0.717) is 16.5 Å². The molecule has 2 aromatic rings. The molecule has 1 heterocycles. The summed E-state index contributed by atoms with van der Waals surface area (Å²) in [4.78, 5) is 272. The molecule has 726 valence electrons. The molecule has 0 unspecified atom stereocenters. The molecule has 0 fully saturated rings. The number of hydrogen-bond donors (Lipinski definition) is 30. The topological polar surface area (TPSA) is 798 Å². The minimum Gasteiger partial charge on any atom is -0.481 e.